The summed E-state index contributed by atoms with van der Waals surface area (Å²) in [6.45, 7) is 0.167. The van der Waals surface area contributed by atoms with E-state index in [1.54, 1.807) is 12.3 Å². The van der Waals surface area contributed by atoms with E-state index in [-0.39, 0.29) is 12.6 Å². The van der Waals surface area contributed by atoms with Crippen LogP contribution in [-0.2, 0) is 4.74 Å². The van der Waals surface area contributed by atoms with Crippen molar-refractivity contribution >= 4 is 16.9 Å². The highest BCUT2D eigenvalue weighted by atomic mass is 16.5. The first-order chi connectivity index (χ1) is 7.81. The molecule has 0 fully saturated rings. The largest absolute Gasteiger partial charge is 0.364 e. The molecule has 16 heavy (non-hydrogen) atoms. The number of amides is 1. The second-order valence-corrected chi connectivity index (χ2v) is 3.19. The number of hydrogen-bond acceptors (Lipinski definition) is 4. The summed E-state index contributed by atoms with van der Waals surface area (Å²) in [6.07, 6.45) is 1.65. The van der Waals surface area contributed by atoms with Gasteiger partial charge in [-0.2, -0.15) is 0 Å². The minimum Gasteiger partial charge on any atom is -0.364 e. The van der Waals surface area contributed by atoms with Gasteiger partial charge in [-0.15, -0.1) is 0 Å². The molecular formula is C11H11N3O2. The lowest BCUT2D eigenvalue weighted by molar-refractivity contribution is 0.0867. The van der Waals surface area contributed by atoms with Gasteiger partial charge < -0.3 is 10.1 Å². The fraction of sp³-hybridized carbons (Fsp3) is 0.182. The highest BCUT2D eigenvalue weighted by Crippen LogP contribution is 2.08. The highest BCUT2D eigenvalue weighted by Gasteiger charge is 2.07. The molecule has 1 N–H and O–H groups in total. The zero-order chi connectivity index (χ0) is 11.4. The molecule has 0 aliphatic rings. The van der Waals surface area contributed by atoms with Gasteiger partial charge in [-0.05, 0) is 24.3 Å². The summed E-state index contributed by atoms with van der Waals surface area (Å²) in [5.74, 6) is -0.269. The first-order valence-corrected chi connectivity index (χ1v) is 4.80. The highest BCUT2D eigenvalue weighted by molar-refractivity contribution is 5.94. The van der Waals surface area contributed by atoms with E-state index in [2.05, 4.69) is 15.3 Å². The fourth-order valence-electron chi connectivity index (χ4n) is 1.31. The van der Waals surface area contributed by atoms with Crippen LogP contribution >= 0.6 is 0 Å². The molecule has 2 aromatic rings. The number of pyridine rings is 2. The van der Waals surface area contributed by atoms with Gasteiger partial charge in [0.25, 0.3) is 5.91 Å². The number of fused-ring (bicyclic) bond motifs is 1. The Hall–Kier alpha value is -2.01. The molecule has 0 aliphatic heterocycles. The smallest absolute Gasteiger partial charge is 0.271 e. The van der Waals surface area contributed by atoms with E-state index in [0.29, 0.717) is 11.3 Å². The topological polar surface area (TPSA) is 64.1 Å². The Kier molecular flexibility index (Phi) is 3.07. The first-order valence-electron chi connectivity index (χ1n) is 4.80. The SMILES string of the molecule is COCNC(=O)c1ccc2cccnc2n1. The van der Waals surface area contributed by atoms with Gasteiger partial charge in [-0.25, -0.2) is 9.97 Å². The molecule has 2 heterocycles. The van der Waals surface area contributed by atoms with Gasteiger partial charge in [0.05, 0.1) is 0 Å². The average Bonchev–Trinajstić information content (AvgIpc) is 2.35. The second kappa shape index (κ2) is 4.67. The van der Waals surface area contributed by atoms with Crippen LogP contribution in [0.15, 0.2) is 30.5 Å². The van der Waals surface area contributed by atoms with Crippen molar-refractivity contribution in [2.75, 3.05) is 13.8 Å². The molecule has 0 aliphatic carbocycles. The minimum absolute atomic E-state index is 0.167. The standard InChI is InChI=1S/C11H11N3O2/c1-16-7-13-11(15)9-5-4-8-3-2-6-12-10(8)14-9/h2-6H,7H2,1H3,(H,13,15). The zero-order valence-corrected chi connectivity index (χ0v) is 8.80. The average molecular weight is 217 g/mol. The molecule has 5 nitrogen and oxygen atoms in total. The molecule has 0 aromatic carbocycles. The van der Waals surface area contributed by atoms with Crippen LogP contribution in [-0.4, -0.2) is 29.7 Å². The molecular weight excluding hydrogens is 206 g/mol. The number of methoxy groups -OCH3 is 1. The number of rotatable bonds is 3. The quantitative estimate of drug-likeness (QED) is 0.778. The number of aromatic nitrogens is 2. The van der Waals surface area contributed by atoms with Crippen molar-refractivity contribution in [2.24, 2.45) is 0 Å². The Balaban J connectivity index is 2.28. The summed E-state index contributed by atoms with van der Waals surface area (Å²) in [5.41, 5.74) is 0.899. The van der Waals surface area contributed by atoms with Crippen LogP contribution in [0.3, 0.4) is 0 Å². The van der Waals surface area contributed by atoms with Crippen molar-refractivity contribution in [2.45, 2.75) is 0 Å². The Bertz CT molecular complexity index is 513. The number of carbonyl (C=O) groups is 1. The first kappa shape index (κ1) is 10.5. The molecule has 2 aromatic heterocycles. The maximum Gasteiger partial charge on any atom is 0.271 e. The predicted molar refractivity (Wildman–Crippen MR) is 58.9 cm³/mol. The Morgan fingerprint density at radius 1 is 1.44 bits per heavy atom. The van der Waals surface area contributed by atoms with Crippen LogP contribution in [0.2, 0.25) is 0 Å². The lowest BCUT2D eigenvalue weighted by Gasteiger charge is -2.03. The summed E-state index contributed by atoms with van der Waals surface area (Å²) < 4.78 is 4.75. The molecule has 1 amide bonds. The maximum absolute atomic E-state index is 11.6. The third-order valence-corrected chi connectivity index (χ3v) is 2.07. The van der Waals surface area contributed by atoms with E-state index in [4.69, 9.17) is 4.74 Å². The second-order valence-electron chi connectivity index (χ2n) is 3.19. The van der Waals surface area contributed by atoms with Gasteiger partial charge in [0.15, 0.2) is 5.65 Å². The van der Waals surface area contributed by atoms with E-state index in [9.17, 15) is 4.79 Å². The third-order valence-electron chi connectivity index (χ3n) is 2.07. The van der Waals surface area contributed by atoms with Gasteiger partial charge in [0.2, 0.25) is 0 Å². The Labute approximate surface area is 92.5 Å². The summed E-state index contributed by atoms with van der Waals surface area (Å²) >= 11 is 0. The van der Waals surface area contributed by atoms with Crippen LogP contribution in [0.4, 0.5) is 0 Å². The van der Waals surface area contributed by atoms with Crippen molar-refractivity contribution in [3.63, 3.8) is 0 Å². The molecule has 0 atom stereocenters. The number of nitrogens with one attached hydrogen (secondary N) is 1. The van der Waals surface area contributed by atoms with Crippen LogP contribution < -0.4 is 5.32 Å². The molecule has 0 saturated carbocycles. The molecule has 0 unspecified atom stereocenters. The summed E-state index contributed by atoms with van der Waals surface area (Å²) in [5, 5.41) is 3.47. The minimum atomic E-state index is -0.269. The van der Waals surface area contributed by atoms with Crippen molar-refractivity contribution < 1.29 is 9.53 Å². The predicted octanol–water partition coefficient (Wildman–Crippen LogP) is 0.963. The van der Waals surface area contributed by atoms with Crippen molar-refractivity contribution in [1.29, 1.82) is 0 Å². The molecule has 0 spiro atoms. The lowest BCUT2D eigenvalue weighted by atomic mass is 10.2. The van der Waals surface area contributed by atoms with Crippen LogP contribution in [0.1, 0.15) is 10.5 Å². The number of hydrogen-bond donors (Lipinski definition) is 1. The zero-order valence-electron chi connectivity index (χ0n) is 8.80. The van der Waals surface area contributed by atoms with E-state index >= 15 is 0 Å². The van der Waals surface area contributed by atoms with Crippen LogP contribution in [0.5, 0.6) is 0 Å². The number of ether oxygens (including phenoxy) is 1. The maximum atomic E-state index is 11.6. The van der Waals surface area contributed by atoms with Gasteiger partial charge in [-0.1, -0.05) is 0 Å². The van der Waals surface area contributed by atoms with Crippen molar-refractivity contribution in [3.8, 4) is 0 Å². The van der Waals surface area contributed by atoms with Gasteiger partial charge in [-0.3, -0.25) is 4.79 Å². The van der Waals surface area contributed by atoms with Gasteiger partial charge >= 0.3 is 0 Å². The molecule has 82 valence electrons. The third kappa shape index (κ3) is 2.14. The van der Waals surface area contributed by atoms with Crippen molar-refractivity contribution in [1.82, 2.24) is 15.3 Å². The van der Waals surface area contributed by atoms with Gasteiger partial charge in [0.1, 0.15) is 12.4 Å². The van der Waals surface area contributed by atoms with Crippen LogP contribution in [0.25, 0.3) is 11.0 Å². The molecule has 0 saturated heterocycles. The molecule has 0 radical (unpaired) electrons. The Morgan fingerprint density at radius 2 is 2.31 bits per heavy atom. The molecule has 2 rings (SSSR count). The van der Waals surface area contributed by atoms with E-state index in [0.717, 1.165) is 5.39 Å². The monoisotopic (exact) mass is 217 g/mol. The number of carbonyl (C=O) groups excluding carboxylic acids is 1. The normalized spacial score (nSPS) is 10.3. The summed E-state index contributed by atoms with van der Waals surface area (Å²) in [4.78, 5) is 19.8. The summed E-state index contributed by atoms with van der Waals surface area (Å²) in [6, 6.07) is 7.20. The van der Waals surface area contributed by atoms with E-state index in [1.807, 2.05) is 18.2 Å². The fourth-order valence-corrected chi connectivity index (χ4v) is 1.31. The van der Waals surface area contributed by atoms with E-state index in [1.165, 1.54) is 7.11 Å². The summed E-state index contributed by atoms with van der Waals surface area (Å²) in [7, 11) is 1.51. The van der Waals surface area contributed by atoms with Gasteiger partial charge in [0, 0.05) is 18.7 Å². The van der Waals surface area contributed by atoms with Crippen LogP contribution in [0, 0.1) is 0 Å². The molecule has 0 bridgehead atoms. The number of nitrogens with zero attached hydrogens (tertiary/aromatic N) is 2. The molecule has 5 heteroatoms. The lowest BCUT2D eigenvalue weighted by Crippen LogP contribution is -2.26. The Morgan fingerprint density at radius 3 is 3.12 bits per heavy atom. The van der Waals surface area contributed by atoms with E-state index < -0.39 is 0 Å². The van der Waals surface area contributed by atoms with Crippen molar-refractivity contribution in [3.05, 3.63) is 36.2 Å².